The molecule has 1 unspecified atom stereocenters. The molecule has 2 aromatic carbocycles. The molecule has 2 nitrogen and oxygen atoms in total. The standard InChI is InChI=1S/C18H18N2/c1-2-17(19)14-7-5-13(6-8-14)15-9-10-18-16(12-15)4-3-11-20-18/h3-12,17H,2,19H2,1H3. The Labute approximate surface area is 119 Å². The highest BCUT2D eigenvalue weighted by Crippen LogP contribution is 2.25. The molecule has 0 aliphatic heterocycles. The molecule has 0 aliphatic rings. The van der Waals surface area contributed by atoms with E-state index in [4.69, 9.17) is 5.73 Å². The molecule has 1 heterocycles. The van der Waals surface area contributed by atoms with Crippen LogP contribution in [0, 0.1) is 0 Å². The van der Waals surface area contributed by atoms with E-state index in [0.717, 1.165) is 11.9 Å². The number of hydrogen-bond acceptors (Lipinski definition) is 2. The lowest BCUT2D eigenvalue weighted by Crippen LogP contribution is -2.07. The Morgan fingerprint density at radius 1 is 1.00 bits per heavy atom. The predicted molar refractivity (Wildman–Crippen MR) is 84.4 cm³/mol. The molecule has 2 N–H and O–H groups in total. The van der Waals surface area contributed by atoms with Gasteiger partial charge in [0.15, 0.2) is 0 Å². The van der Waals surface area contributed by atoms with Gasteiger partial charge in [0.2, 0.25) is 0 Å². The first-order valence-electron chi connectivity index (χ1n) is 6.98. The highest BCUT2D eigenvalue weighted by Gasteiger charge is 2.04. The van der Waals surface area contributed by atoms with Crippen LogP contribution in [0.25, 0.3) is 22.0 Å². The van der Waals surface area contributed by atoms with Crippen LogP contribution < -0.4 is 5.73 Å². The zero-order valence-corrected chi connectivity index (χ0v) is 11.6. The summed E-state index contributed by atoms with van der Waals surface area (Å²) in [6.07, 6.45) is 2.78. The number of nitrogens with zero attached hydrogens (tertiary/aromatic N) is 1. The summed E-state index contributed by atoms with van der Waals surface area (Å²) >= 11 is 0. The quantitative estimate of drug-likeness (QED) is 0.763. The maximum atomic E-state index is 6.05. The lowest BCUT2D eigenvalue weighted by molar-refractivity contribution is 0.699. The third-order valence-electron chi connectivity index (χ3n) is 3.71. The zero-order chi connectivity index (χ0) is 13.9. The summed E-state index contributed by atoms with van der Waals surface area (Å²) < 4.78 is 0. The average Bonchev–Trinajstić information content (AvgIpc) is 2.54. The van der Waals surface area contributed by atoms with Crippen molar-refractivity contribution < 1.29 is 0 Å². The van der Waals surface area contributed by atoms with Crippen LogP contribution in [0.4, 0.5) is 0 Å². The second-order valence-corrected chi connectivity index (χ2v) is 5.05. The summed E-state index contributed by atoms with van der Waals surface area (Å²) in [6.45, 7) is 2.11. The molecular formula is C18H18N2. The molecule has 0 amide bonds. The molecule has 1 atom stereocenters. The van der Waals surface area contributed by atoms with Crippen LogP contribution in [0.1, 0.15) is 24.9 Å². The van der Waals surface area contributed by atoms with Crippen LogP contribution in [0.3, 0.4) is 0 Å². The Morgan fingerprint density at radius 3 is 2.50 bits per heavy atom. The molecule has 0 saturated carbocycles. The molecule has 3 rings (SSSR count). The van der Waals surface area contributed by atoms with E-state index in [0.29, 0.717) is 0 Å². The van der Waals surface area contributed by atoms with Crippen LogP contribution in [0.15, 0.2) is 60.8 Å². The van der Waals surface area contributed by atoms with Crippen molar-refractivity contribution in [2.45, 2.75) is 19.4 Å². The predicted octanol–water partition coefficient (Wildman–Crippen LogP) is 4.31. The van der Waals surface area contributed by atoms with Crippen molar-refractivity contribution in [3.8, 4) is 11.1 Å². The summed E-state index contributed by atoms with van der Waals surface area (Å²) in [6, 6.07) is 19.1. The fourth-order valence-corrected chi connectivity index (χ4v) is 2.41. The Hall–Kier alpha value is -2.19. The molecule has 0 saturated heterocycles. The molecule has 0 spiro atoms. The first-order valence-corrected chi connectivity index (χ1v) is 6.98. The average molecular weight is 262 g/mol. The second-order valence-electron chi connectivity index (χ2n) is 5.05. The number of benzene rings is 2. The fraction of sp³-hybridized carbons (Fsp3) is 0.167. The molecule has 0 radical (unpaired) electrons. The lowest BCUT2D eigenvalue weighted by Gasteiger charge is -2.10. The molecule has 0 aliphatic carbocycles. The van der Waals surface area contributed by atoms with E-state index in [9.17, 15) is 0 Å². The van der Waals surface area contributed by atoms with E-state index >= 15 is 0 Å². The topological polar surface area (TPSA) is 38.9 Å². The van der Waals surface area contributed by atoms with Gasteiger partial charge in [-0.25, -0.2) is 0 Å². The van der Waals surface area contributed by atoms with E-state index in [1.54, 1.807) is 0 Å². The van der Waals surface area contributed by atoms with Crippen molar-refractivity contribution in [1.29, 1.82) is 0 Å². The van der Waals surface area contributed by atoms with E-state index < -0.39 is 0 Å². The number of hydrogen-bond donors (Lipinski definition) is 1. The maximum absolute atomic E-state index is 6.05. The van der Waals surface area contributed by atoms with Gasteiger partial charge < -0.3 is 5.73 Å². The number of nitrogens with two attached hydrogens (primary N) is 1. The summed E-state index contributed by atoms with van der Waals surface area (Å²) in [4.78, 5) is 4.35. The molecule has 20 heavy (non-hydrogen) atoms. The van der Waals surface area contributed by atoms with Gasteiger partial charge >= 0.3 is 0 Å². The first kappa shape index (κ1) is 12.8. The zero-order valence-electron chi connectivity index (χ0n) is 11.6. The largest absolute Gasteiger partial charge is 0.324 e. The summed E-state index contributed by atoms with van der Waals surface area (Å²) in [7, 11) is 0. The Bertz CT molecular complexity index is 717. The molecule has 100 valence electrons. The van der Waals surface area contributed by atoms with Gasteiger partial charge in [0.25, 0.3) is 0 Å². The number of rotatable bonds is 3. The second kappa shape index (κ2) is 5.43. The van der Waals surface area contributed by atoms with Crippen molar-refractivity contribution in [3.05, 3.63) is 66.4 Å². The van der Waals surface area contributed by atoms with Crippen LogP contribution in [-0.4, -0.2) is 4.98 Å². The Balaban J connectivity index is 1.98. The SMILES string of the molecule is CCC(N)c1ccc(-c2ccc3ncccc3c2)cc1. The first-order chi connectivity index (χ1) is 9.78. The van der Waals surface area contributed by atoms with Crippen LogP contribution in [0.2, 0.25) is 0 Å². The summed E-state index contributed by atoms with van der Waals surface area (Å²) in [5.74, 6) is 0. The minimum atomic E-state index is 0.129. The highest BCUT2D eigenvalue weighted by molar-refractivity contribution is 5.84. The lowest BCUT2D eigenvalue weighted by atomic mass is 9.99. The van der Waals surface area contributed by atoms with Crippen molar-refractivity contribution in [3.63, 3.8) is 0 Å². The monoisotopic (exact) mass is 262 g/mol. The van der Waals surface area contributed by atoms with Crippen LogP contribution >= 0.6 is 0 Å². The van der Waals surface area contributed by atoms with Crippen molar-refractivity contribution in [2.24, 2.45) is 5.73 Å². The number of aromatic nitrogens is 1. The van der Waals surface area contributed by atoms with E-state index in [2.05, 4.69) is 60.4 Å². The van der Waals surface area contributed by atoms with Crippen LogP contribution in [0.5, 0.6) is 0 Å². The van der Waals surface area contributed by atoms with Gasteiger partial charge in [0.05, 0.1) is 5.52 Å². The van der Waals surface area contributed by atoms with E-state index in [1.165, 1.54) is 22.1 Å². The van der Waals surface area contributed by atoms with Gasteiger partial charge in [-0.2, -0.15) is 0 Å². The third-order valence-corrected chi connectivity index (χ3v) is 3.71. The van der Waals surface area contributed by atoms with Gasteiger partial charge in [-0.1, -0.05) is 43.3 Å². The van der Waals surface area contributed by atoms with Crippen molar-refractivity contribution in [1.82, 2.24) is 4.98 Å². The van der Waals surface area contributed by atoms with Gasteiger partial charge in [0.1, 0.15) is 0 Å². The minimum Gasteiger partial charge on any atom is -0.324 e. The molecule has 2 heteroatoms. The van der Waals surface area contributed by atoms with E-state index in [1.807, 2.05) is 12.3 Å². The van der Waals surface area contributed by atoms with Gasteiger partial charge in [-0.3, -0.25) is 4.98 Å². The van der Waals surface area contributed by atoms with Crippen molar-refractivity contribution in [2.75, 3.05) is 0 Å². The Kier molecular flexibility index (Phi) is 3.48. The van der Waals surface area contributed by atoms with E-state index in [-0.39, 0.29) is 6.04 Å². The fourth-order valence-electron chi connectivity index (χ4n) is 2.41. The normalized spacial score (nSPS) is 12.5. The number of pyridine rings is 1. The van der Waals surface area contributed by atoms with Crippen molar-refractivity contribution >= 4 is 10.9 Å². The summed E-state index contributed by atoms with van der Waals surface area (Å²) in [5, 5.41) is 1.17. The molecule has 0 fully saturated rings. The number of fused-ring (bicyclic) bond motifs is 1. The van der Waals surface area contributed by atoms with Gasteiger partial charge in [-0.05, 0) is 41.3 Å². The molecule has 1 aromatic heterocycles. The smallest absolute Gasteiger partial charge is 0.0702 e. The van der Waals surface area contributed by atoms with Gasteiger partial charge in [-0.15, -0.1) is 0 Å². The van der Waals surface area contributed by atoms with Crippen LogP contribution in [-0.2, 0) is 0 Å². The third kappa shape index (κ3) is 2.43. The molecular weight excluding hydrogens is 244 g/mol. The van der Waals surface area contributed by atoms with Gasteiger partial charge in [0, 0.05) is 17.6 Å². The Morgan fingerprint density at radius 2 is 1.75 bits per heavy atom. The molecule has 0 bridgehead atoms. The molecule has 3 aromatic rings. The highest BCUT2D eigenvalue weighted by atomic mass is 14.6. The minimum absolute atomic E-state index is 0.129. The summed E-state index contributed by atoms with van der Waals surface area (Å²) in [5.41, 5.74) is 10.7. The maximum Gasteiger partial charge on any atom is 0.0702 e.